The highest BCUT2D eigenvalue weighted by Crippen LogP contribution is 2.00. The number of rotatable bonds is 8. The van der Waals surface area contributed by atoms with Gasteiger partial charge in [-0.3, -0.25) is 9.59 Å². The van der Waals surface area contributed by atoms with E-state index in [-0.39, 0.29) is 19.0 Å². The van der Waals surface area contributed by atoms with E-state index in [1.54, 1.807) is 0 Å². The van der Waals surface area contributed by atoms with Crippen LogP contribution in [0.2, 0.25) is 0 Å². The van der Waals surface area contributed by atoms with Gasteiger partial charge in [-0.05, 0) is 6.42 Å². The Morgan fingerprint density at radius 3 is 2.26 bits per heavy atom. The summed E-state index contributed by atoms with van der Waals surface area (Å²) in [4.78, 5) is 36.6. The molecule has 2 N–H and O–H groups in total. The Kier molecular flexibility index (Phi) is 8.32. The van der Waals surface area contributed by atoms with Gasteiger partial charge in [0.1, 0.15) is 6.54 Å². The molecule has 0 spiro atoms. The van der Waals surface area contributed by atoms with E-state index in [4.69, 9.17) is 5.73 Å². The topological polar surface area (TPSA) is 92.9 Å². The lowest BCUT2D eigenvalue weighted by Gasteiger charge is -2.24. The Morgan fingerprint density at radius 1 is 1.16 bits per heavy atom. The fourth-order valence-corrected chi connectivity index (χ4v) is 1.56. The third-order valence-corrected chi connectivity index (χ3v) is 2.59. The first-order valence-corrected chi connectivity index (χ1v) is 6.27. The molecule has 0 bridgehead atoms. The Balaban J connectivity index is 4.43. The van der Waals surface area contributed by atoms with Crippen LogP contribution >= 0.6 is 0 Å². The van der Waals surface area contributed by atoms with E-state index >= 15 is 0 Å². The summed E-state index contributed by atoms with van der Waals surface area (Å²) in [5.41, 5.74) is 5.11. The maximum atomic E-state index is 12.0. The first-order valence-electron chi connectivity index (χ1n) is 6.27. The van der Waals surface area contributed by atoms with Crippen LogP contribution < -0.4 is 5.73 Å². The second kappa shape index (κ2) is 9.18. The van der Waals surface area contributed by atoms with Gasteiger partial charge in [0, 0.05) is 13.6 Å². The number of hydrogen-bond donors (Lipinski definition) is 1. The largest absolute Gasteiger partial charge is 0.453 e. The summed E-state index contributed by atoms with van der Waals surface area (Å²) in [5, 5.41) is 0. The number of amides is 3. The fraction of sp³-hybridized carbons (Fsp3) is 0.750. The van der Waals surface area contributed by atoms with Gasteiger partial charge in [0.15, 0.2) is 0 Å². The van der Waals surface area contributed by atoms with Gasteiger partial charge in [0.25, 0.3) is 0 Å². The highest BCUT2D eigenvalue weighted by molar-refractivity contribution is 5.86. The monoisotopic (exact) mass is 273 g/mol. The molecule has 0 aliphatic rings. The van der Waals surface area contributed by atoms with Gasteiger partial charge in [-0.25, -0.2) is 4.79 Å². The molecule has 0 atom stereocenters. The number of carbonyl (C=O) groups excluding carboxylic acids is 3. The molecule has 0 saturated heterocycles. The van der Waals surface area contributed by atoms with Gasteiger partial charge in [0.05, 0.1) is 13.7 Å². The van der Waals surface area contributed by atoms with Crippen molar-refractivity contribution in [1.82, 2.24) is 9.80 Å². The molecule has 110 valence electrons. The molecule has 7 nitrogen and oxygen atoms in total. The Labute approximate surface area is 113 Å². The number of ether oxygens (including phenoxy) is 1. The van der Waals surface area contributed by atoms with Crippen molar-refractivity contribution in [3.63, 3.8) is 0 Å². The number of carbonyl (C=O) groups is 3. The Morgan fingerprint density at radius 2 is 1.79 bits per heavy atom. The van der Waals surface area contributed by atoms with E-state index in [0.29, 0.717) is 6.54 Å². The van der Waals surface area contributed by atoms with Crippen molar-refractivity contribution < 1.29 is 19.1 Å². The van der Waals surface area contributed by atoms with Crippen molar-refractivity contribution in [3.8, 4) is 0 Å². The summed E-state index contributed by atoms with van der Waals surface area (Å²) in [7, 11) is 2.70. The van der Waals surface area contributed by atoms with Crippen LogP contribution in [0.15, 0.2) is 0 Å². The van der Waals surface area contributed by atoms with Gasteiger partial charge >= 0.3 is 6.09 Å². The van der Waals surface area contributed by atoms with Crippen LogP contribution in [0, 0.1) is 0 Å². The molecule has 0 aliphatic heterocycles. The van der Waals surface area contributed by atoms with E-state index < -0.39 is 12.0 Å². The zero-order valence-corrected chi connectivity index (χ0v) is 11.8. The molecule has 3 amide bonds. The molecule has 0 rings (SSSR count). The number of likely N-dealkylation sites (N-methyl/N-ethyl adjacent to an activating group) is 1. The predicted octanol–water partition coefficient (Wildman–Crippen LogP) is 0.189. The Hall–Kier alpha value is -1.79. The maximum Gasteiger partial charge on any atom is 0.409 e. The van der Waals surface area contributed by atoms with E-state index in [2.05, 4.69) is 4.74 Å². The average molecular weight is 273 g/mol. The SMILES string of the molecule is CCCCCN(CC(N)=O)C(=O)CN(C)C(=O)OC. The van der Waals surface area contributed by atoms with E-state index in [1.165, 1.54) is 19.1 Å². The standard InChI is InChI=1S/C12H23N3O4/c1-4-5-6-7-15(8-10(13)16)11(17)9-14(2)12(18)19-3/h4-9H2,1-3H3,(H2,13,16). The molecule has 0 saturated carbocycles. The highest BCUT2D eigenvalue weighted by Gasteiger charge is 2.19. The predicted molar refractivity (Wildman–Crippen MR) is 70.3 cm³/mol. The zero-order chi connectivity index (χ0) is 14.8. The fourth-order valence-electron chi connectivity index (χ4n) is 1.56. The lowest BCUT2D eigenvalue weighted by molar-refractivity contribution is -0.135. The lowest BCUT2D eigenvalue weighted by atomic mass is 10.2. The third-order valence-electron chi connectivity index (χ3n) is 2.59. The molecule has 0 aliphatic carbocycles. The van der Waals surface area contributed by atoms with Gasteiger partial charge in [-0.1, -0.05) is 19.8 Å². The maximum absolute atomic E-state index is 12.0. The van der Waals surface area contributed by atoms with Crippen LogP contribution in [-0.2, 0) is 14.3 Å². The molecule has 7 heteroatoms. The minimum atomic E-state index is -0.596. The zero-order valence-electron chi connectivity index (χ0n) is 11.8. The molecule has 0 heterocycles. The van der Waals surface area contributed by atoms with Crippen LogP contribution in [0.4, 0.5) is 4.79 Å². The molecule has 0 aromatic carbocycles. The van der Waals surface area contributed by atoms with Crippen molar-refractivity contribution in [1.29, 1.82) is 0 Å². The summed E-state index contributed by atoms with van der Waals surface area (Å²) in [5.74, 6) is -0.881. The van der Waals surface area contributed by atoms with Crippen molar-refractivity contribution in [2.24, 2.45) is 5.73 Å². The van der Waals surface area contributed by atoms with Crippen molar-refractivity contribution in [2.45, 2.75) is 26.2 Å². The van der Waals surface area contributed by atoms with Crippen LogP contribution in [0.25, 0.3) is 0 Å². The first kappa shape index (κ1) is 17.2. The van der Waals surface area contributed by atoms with Crippen LogP contribution in [0.1, 0.15) is 26.2 Å². The lowest BCUT2D eigenvalue weighted by Crippen LogP contribution is -2.45. The number of hydrogen-bond acceptors (Lipinski definition) is 4. The van der Waals surface area contributed by atoms with Crippen LogP contribution in [-0.4, -0.2) is 61.5 Å². The molecule has 0 radical (unpaired) electrons. The molecule has 19 heavy (non-hydrogen) atoms. The van der Waals surface area contributed by atoms with Crippen LogP contribution in [0.3, 0.4) is 0 Å². The first-order chi connectivity index (χ1) is 8.92. The minimum absolute atomic E-state index is 0.127. The molecule has 0 unspecified atom stereocenters. The van der Waals surface area contributed by atoms with Crippen molar-refractivity contribution in [3.05, 3.63) is 0 Å². The number of unbranched alkanes of at least 4 members (excludes halogenated alkanes) is 2. The normalized spacial score (nSPS) is 9.84. The molecular weight excluding hydrogens is 250 g/mol. The second-order valence-corrected chi connectivity index (χ2v) is 4.31. The van der Waals surface area contributed by atoms with Gasteiger partial charge < -0.3 is 20.3 Å². The van der Waals surface area contributed by atoms with Gasteiger partial charge in [-0.15, -0.1) is 0 Å². The summed E-state index contributed by atoms with van der Waals surface area (Å²) in [6.07, 6.45) is 2.19. The van der Waals surface area contributed by atoms with E-state index in [1.807, 2.05) is 6.92 Å². The average Bonchev–Trinajstić information content (AvgIpc) is 2.36. The number of nitrogens with two attached hydrogens (primary N) is 1. The van der Waals surface area contributed by atoms with Gasteiger partial charge in [0.2, 0.25) is 11.8 Å². The minimum Gasteiger partial charge on any atom is -0.453 e. The van der Waals surface area contributed by atoms with E-state index in [9.17, 15) is 14.4 Å². The summed E-state index contributed by atoms with van der Waals surface area (Å²) in [6.45, 7) is 2.25. The van der Waals surface area contributed by atoms with E-state index in [0.717, 1.165) is 24.2 Å². The summed E-state index contributed by atoms with van der Waals surface area (Å²) >= 11 is 0. The van der Waals surface area contributed by atoms with Crippen molar-refractivity contribution >= 4 is 17.9 Å². The van der Waals surface area contributed by atoms with Gasteiger partial charge in [-0.2, -0.15) is 0 Å². The summed E-state index contributed by atoms with van der Waals surface area (Å²) in [6, 6.07) is 0. The smallest absolute Gasteiger partial charge is 0.409 e. The second-order valence-electron chi connectivity index (χ2n) is 4.31. The number of primary amides is 1. The number of methoxy groups -OCH3 is 1. The quantitative estimate of drug-likeness (QED) is 0.639. The number of nitrogens with zero attached hydrogens (tertiary/aromatic N) is 2. The molecular formula is C12H23N3O4. The molecule has 0 fully saturated rings. The van der Waals surface area contributed by atoms with Crippen LogP contribution in [0.5, 0.6) is 0 Å². The highest BCUT2D eigenvalue weighted by atomic mass is 16.5. The van der Waals surface area contributed by atoms with Crippen molar-refractivity contribution in [2.75, 3.05) is 33.8 Å². The molecule has 0 aromatic heterocycles. The Bertz CT molecular complexity index is 320. The third kappa shape index (κ3) is 7.28. The summed E-state index contributed by atoms with van der Waals surface area (Å²) < 4.78 is 4.50. The molecule has 0 aromatic rings.